The number of halogens is 1. The quantitative estimate of drug-likeness (QED) is 0.786. The Balaban J connectivity index is 2.16. The van der Waals surface area contributed by atoms with Crippen molar-refractivity contribution in [3.63, 3.8) is 0 Å². The van der Waals surface area contributed by atoms with Gasteiger partial charge in [0.05, 0.1) is 0 Å². The zero-order valence-electron chi connectivity index (χ0n) is 12.0. The molecule has 0 unspecified atom stereocenters. The minimum absolute atomic E-state index is 0.725. The Hall–Kier alpha value is -1.72. The summed E-state index contributed by atoms with van der Waals surface area (Å²) in [5, 5.41) is 8.45. The Bertz CT molecular complexity index is 813. The van der Waals surface area contributed by atoms with Crippen LogP contribution >= 0.6 is 23.4 Å². The van der Waals surface area contributed by atoms with Crippen LogP contribution in [0.1, 0.15) is 11.4 Å². The maximum absolute atomic E-state index is 6.06. The van der Waals surface area contributed by atoms with Gasteiger partial charge < -0.3 is 5.32 Å². The summed E-state index contributed by atoms with van der Waals surface area (Å²) < 4.78 is 1.87. The molecule has 0 radical (unpaired) electrons. The average molecular weight is 319 g/mol. The first-order valence-electron chi connectivity index (χ1n) is 6.56. The van der Waals surface area contributed by atoms with Crippen LogP contribution in [0, 0.1) is 13.8 Å². The highest BCUT2D eigenvalue weighted by Gasteiger charge is 2.16. The molecule has 0 aliphatic rings. The van der Waals surface area contributed by atoms with Crippen LogP contribution < -0.4 is 5.32 Å². The molecule has 4 nitrogen and oxygen atoms in total. The Kier molecular flexibility index (Phi) is 3.78. The Morgan fingerprint density at radius 1 is 1.24 bits per heavy atom. The molecule has 3 aromatic rings. The summed E-state index contributed by atoms with van der Waals surface area (Å²) in [6.07, 6.45) is 0. The SMILES string of the molecule is CNc1nn2c(C)cc(C)nc2c1Sc1cccc(Cl)c1. The van der Waals surface area contributed by atoms with E-state index in [1.165, 1.54) is 0 Å². The van der Waals surface area contributed by atoms with E-state index in [-0.39, 0.29) is 0 Å². The number of nitrogens with one attached hydrogen (secondary N) is 1. The molecule has 1 aromatic carbocycles. The number of nitrogens with zero attached hydrogens (tertiary/aromatic N) is 3. The standard InChI is InChI=1S/C15H15ClN4S/c1-9-7-10(2)20-15(18-9)13(14(17-3)19-20)21-12-6-4-5-11(16)8-12/h4-8H,1-3H3,(H,17,19). The van der Waals surface area contributed by atoms with Crippen LogP contribution in [-0.4, -0.2) is 21.6 Å². The van der Waals surface area contributed by atoms with Crippen LogP contribution in [0.3, 0.4) is 0 Å². The third-order valence-electron chi connectivity index (χ3n) is 3.11. The fraction of sp³-hybridized carbons (Fsp3) is 0.200. The molecular weight excluding hydrogens is 304 g/mol. The molecule has 0 saturated heterocycles. The number of benzene rings is 1. The van der Waals surface area contributed by atoms with Crippen molar-refractivity contribution in [2.45, 2.75) is 23.6 Å². The molecule has 0 spiro atoms. The van der Waals surface area contributed by atoms with Crippen LogP contribution in [0.15, 0.2) is 40.1 Å². The van der Waals surface area contributed by atoms with E-state index >= 15 is 0 Å². The van der Waals surface area contributed by atoms with Gasteiger partial charge in [-0.05, 0) is 38.1 Å². The van der Waals surface area contributed by atoms with Gasteiger partial charge in [0.25, 0.3) is 0 Å². The molecule has 0 aliphatic carbocycles. The molecule has 21 heavy (non-hydrogen) atoms. The van der Waals surface area contributed by atoms with Crippen molar-refractivity contribution in [3.05, 3.63) is 46.7 Å². The fourth-order valence-electron chi connectivity index (χ4n) is 2.21. The first-order chi connectivity index (χ1) is 10.1. The number of anilines is 1. The van der Waals surface area contributed by atoms with Gasteiger partial charge in [-0.25, -0.2) is 9.50 Å². The summed E-state index contributed by atoms with van der Waals surface area (Å²) in [5.41, 5.74) is 2.91. The zero-order valence-corrected chi connectivity index (χ0v) is 13.6. The largest absolute Gasteiger partial charge is 0.371 e. The topological polar surface area (TPSA) is 42.2 Å². The number of fused-ring (bicyclic) bond motifs is 1. The van der Waals surface area contributed by atoms with Crippen molar-refractivity contribution in [2.75, 3.05) is 12.4 Å². The normalized spacial score (nSPS) is 11.0. The van der Waals surface area contributed by atoms with Crippen molar-refractivity contribution >= 4 is 34.8 Å². The second kappa shape index (κ2) is 5.58. The maximum atomic E-state index is 6.06. The summed E-state index contributed by atoms with van der Waals surface area (Å²) in [7, 11) is 1.87. The van der Waals surface area contributed by atoms with Gasteiger partial charge in [-0.15, -0.1) is 5.10 Å². The fourth-order valence-corrected chi connectivity index (χ4v) is 3.49. The highest BCUT2D eigenvalue weighted by Crippen LogP contribution is 2.37. The predicted molar refractivity (Wildman–Crippen MR) is 87.6 cm³/mol. The molecule has 0 amide bonds. The van der Waals surface area contributed by atoms with Crippen LogP contribution in [0.4, 0.5) is 5.82 Å². The van der Waals surface area contributed by atoms with E-state index in [9.17, 15) is 0 Å². The van der Waals surface area contributed by atoms with Gasteiger partial charge in [-0.1, -0.05) is 29.4 Å². The van der Waals surface area contributed by atoms with Gasteiger partial charge in [-0.3, -0.25) is 0 Å². The third kappa shape index (κ3) is 2.71. The molecule has 2 aromatic heterocycles. The van der Waals surface area contributed by atoms with E-state index in [4.69, 9.17) is 11.6 Å². The Morgan fingerprint density at radius 2 is 2.05 bits per heavy atom. The predicted octanol–water partition coefficient (Wildman–Crippen LogP) is 4.19. The summed E-state index contributed by atoms with van der Waals surface area (Å²) in [6.45, 7) is 4.02. The second-order valence-electron chi connectivity index (χ2n) is 4.76. The monoisotopic (exact) mass is 318 g/mol. The molecule has 0 saturated carbocycles. The van der Waals surface area contributed by atoms with E-state index in [2.05, 4.69) is 15.4 Å². The molecule has 0 bridgehead atoms. The zero-order chi connectivity index (χ0) is 15.0. The molecular formula is C15H15ClN4S. The van der Waals surface area contributed by atoms with Crippen LogP contribution in [0.5, 0.6) is 0 Å². The summed E-state index contributed by atoms with van der Waals surface area (Å²) in [6, 6.07) is 9.81. The number of rotatable bonds is 3. The molecule has 0 fully saturated rings. The molecule has 3 rings (SSSR count). The molecule has 1 N–H and O–H groups in total. The lowest BCUT2D eigenvalue weighted by atomic mass is 10.3. The van der Waals surface area contributed by atoms with Gasteiger partial charge >= 0.3 is 0 Å². The summed E-state index contributed by atoms with van der Waals surface area (Å²) in [5.74, 6) is 0.821. The van der Waals surface area contributed by atoms with Crippen molar-refractivity contribution in [1.82, 2.24) is 14.6 Å². The highest BCUT2D eigenvalue weighted by molar-refractivity contribution is 7.99. The number of hydrogen-bond acceptors (Lipinski definition) is 4. The smallest absolute Gasteiger partial charge is 0.171 e. The number of hydrogen-bond donors (Lipinski definition) is 1. The second-order valence-corrected chi connectivity index (χ2v) is 6.28. The minimum Gasteiger partial charge on any atom is -0.371 e. The first kappa shape index (κ1) is 14.2. The van der Waals surface area contributed by atoms with Crippen molar-refractivity contribution in [3.8, 4) is 0 Å². The lowest BCUT2D eigenvalue weighted by Gasteiger charge is -2.04. The highest BCUT2D eigenvalue weighted by atomic mass is 35.5. The number of aryl methyl sites for hydroxylation is 2. The molecule has 0 atom stereocenters. The van der Waals surface area contributed by atoms with Gasteiger partial charge in [0.2, 0.25) is 0 Å². The Labute approximate surface area is 132 Å². The van der Waals surface area contributed by atoms with Crippen molar-refractivity contribution in [1.29, 1.82) is 0 Å². The molecule has 0 aliphatic heterocycles. The van der Waals surface area contributed by atoms with Gasteiger partial charge in [-0.2, -0.15) is 0 Å². The lowest BCUT2D eigenvalue weighted by molar-refractivity contribution is 0.887. The molecule has 108 valence electrons. The summed E-state index contributed by atoms with van der Waals surface area (Å²) in [4.78, 5) is 6.70. The van der Waals surface area contributed by atoms with Gasteiger partial charge in [0.1, 0.15) is 4.90 Å². The Morgan fingerprint density at radius 3 is 2.76 bits per heavy atom. The van der Waals surface area contributed by atoms with Gasteiger partial charge in [0, 0.05) is 28.4 Å². The number of aromatic nitrogens is 3. The van der Waals surface area contributed by atoms with Crippen LogP contribution in [0.2, 0.25) is 5.02 Å². The first-order valence-corrected chi connectivity index (χ1v) is 7.76. The minimum atomic E-state index is 0.725. The third-order valence-corrected chi connectivity index (χ3v) is 4.41. The van der Waals surface area contributed by atoms with Crippen LogP contribution in [-0.2, 0) is 0 Å². The van der Waals surface area contributed by atoms with Crippen molar-refractivity contribution in [2.24, 2.45) is 0 Å². The van der Waals surface area contributed by atoms with Gasteiger partial charge in [0.15, 0.2) is 11.5 Å². The average Bonchev–Trinajstić information content (AvgIpc) is 2.77. The maximum Gasteiger partial charge on any atom is 0.171 e. The van der Waals surface area contributed by atoms with Crippen LogP contribution in [0.25, 0.3) is 5.65 Å². The lowest BCUT2D eigenvalue weighted by Crippen LogP contribution is -1.97. The van der Waals surface area contributed by atoms with E-state index < -0.39 is 0 Å². The van der Waals surface area contributed by atoms with Crippen molar-refractivity contribution < 1.29 is 0 Å². The van der Waals surface area contributed by atoms with E-state index in [1.54, 1.807) is 11.8 Å². The summed E-state index contributed by atoms with van der Waals surface area (Å²) >= 11 is 7.68. The molecule has 2 heterocycles. The van der Waals surface area contributed by atoms with E-state index in [0.29, 0.717) is 0 Å². The van der Waals surface area contributed by atoms with E-state index in [1.807, 2.05) is 55.7 Å². The van der Waals surface area contributed by atoms with E-state index in [0.717, 1.165) is 37.7 Å². The molecule has 6 heteroatoms.